The second-order valence-electron chi connectivity index (χ2n) is 7.49. The molecular formula is C20H30N4O2. The van der Waals surface area contributed by atoms with Gasteiger partial charge in [-0.2, -0.15) is 0 Å². The lowest BCUT2D eigenvalue weighted by Crippen LogP contribution is -2.53. The van der Waals surface area contributed by atoms with E-state index < -0.39 is 0 Å². The van der Waals surface area contributed by atoms with E-state index in [2.05, 4.69) is 10.2 Å². The predicted octanol–water partition coefficient (Wildman–Crippen LogP) is 0.965. The van der Waals surface area contributed by atoms with Crippen molar-refractivity contribution < 1.29 is 9.59 Å². The zero-order chi connectivity index (χ0) is 18.4. The Morgan fingerprint density at radius 1 is 1.08 bits per heavy atom. The first-order chi connectivity index (χ1) is 12.6. The van der Waals surface area contributed by atoms with E-state index >= 15 is 0 Å². The normalized spacial score (nSPS) is 24.3. The van der Waals surface area contributed by atoms with Crippen molar-refractivity contribution in [1.82, 2.24) is 15.1 Å². The summed E-state index contributed by atoms with van der Waals surface area (Å²) >= 11 is 0. The molecule has 6 nitrogen and oxygen atoms in total. The second-order valence-corrected chi connectivity index (χ2v) is 7.49. The minimum atomic E-state index is 0.0342. The molecule has 0 aromatic heterocycles. The van der Waals surface area contributed by atoms with Crippen molar-refractivity contribution in [3.8, 4) is 0 Å². The third-order valence-corrected chi connectivity index (χ3v) is 5.45. The molecule has 1 aromatic rings. The van der Waals surface area contributed by atoms with Crippen molar-refractivity contribution in [2.24, 2.45) is 11.7 Å². The lowest BCUT2D eigenvalue weighted by Gasteiger charge is -2.37. The van der Waals surface area contributed by atoms with Crippen LogP contribution >= 0.6 is 0 Å². The van der Waals surface area contributed by atoms with E-state index in [-0.39, 0.29) is 23.8 Å². The molecule has 142 valence electrons. The maximum Gasteiger partial charge on any atom is 0.234 e. The molecule has 3 rings (SSSR count). The van der Waals surface area contributed by atoms with E-state index in [9.17, 15) is 9.59 Å². The number of hydrogen-bond acceptors (Lipinski definition) is 4. The van der Waals surface area contributed by atoms with Crippen LogP contribution in [0.5, 0.6) is 0 Å². The van der Waals surface area contributed by atoms with Crippen LogP contribution < -0.4 is 11.1 Å². The Hall–Kier alpha value is -1.92. The van der Waals surface area contributed by atoms with Gasteiger partial charge >= 0.3 is 0 Å². The summed E-state index contributed by atoms with van der Waals surface area (Å²) in [5.41, 5.74) is 7.12. The number of rotatable bonds is 5. The molecule has 2 fully saturated rings. The maximum atomic E-state index is 12.7. The Morgan fingerprint density at radius 2 is 1.81 bits per heavy atom. The largest absolute Gasteiger partial charge is 0.351 e. The first kappa shape index (κ1) is 18.9. The summed E-state index contributed by atoms with van der Waals surface area (Å²) in [6, 6.07) is 10.1. The van der Waals surface area contributed by atoms with Crippen molar-refractivity contribution in [2.75, 3.05) is 32.7 Å². The molecule has 3 N–H and O–H groups in total. The molecule has 1 saturated carbocycles. The Balaban J connectivity index is 1.38. The summed E-state index contributed by atoms with van der Waals surface area (Å²) in [7, 11) is 0. The van der Waals surface area contributed by atoms with E-state index in [0.29, 0.717) is 26.2 Å². The zero-order valence-corrected chi connectivity index (χ0v) is 15.4. The van der Waals surface area contributed by atoms with Gasteiger partial charge in [0, 0.05) is 44.7 Å². The Kier molecular flexibility index (Phi) is 6.63. The van der Waals surface area contributed by atoms with Crippen LogP contribution in [0.2, 0.25) is 0 Å². The van der Waals surface area contributed by atoms with Gasteiger partial charge in [0.15, 0.2) is 0 Å². The molecule has 26 heavy (non-hydrogen) atoms. The van der Waals surface area contributed by atoms with Crippen LogP contribution in [0.1, 0.15) is 31.2 Å². The SMILES string of the molecule is NC1CCCC(C(=O)N2CCN(CC(=O)NCc3ccccc3)CC2)C1. The van der Waals surface area contributed by atoms with E-state index in [1.165, 1.54) is 0 Å². The molecule has 2 aliphatic rings. The number of nitrogens with zero attached hydrogens (tertiary/aromatic N) is 2. The average molecular weight is 358 g/mol. The highest BCUT2D eigenvalue weighted by atomic mass is 16.2. The number of amides is 2. The molecule has 2 unspecified atom stereocenters. The first-order valence-corrected chi connectivity index (χ1v) is 9.69. The summed E-state index contributed by atoms with van der Waals surface area (Å²) < 4.78 is 0. The number of carbonyl (C=O) groups is 2. The van der Waals surface area contributed by atoms with Gasteiger partial charge in [0.2, 0.25) is 11.8 Å². The highest BCUT2D eigenvalue weighted by Gasteiger charge is 2.30. The number of hydrogen-bond donors (Lipinski definition) is 2. The standard InChI is InChI=1S/C20H30N4O2/c21-18-8-4-7-17(13-18)20(26)24-11-9-23(10-12-24)15-19(25)22-14-16-5-2-1-3-6-16/h1-3,5-6,17-18H,4,7-15,21H2,(H,22,25). The van der Waals surface area contributed by atoms with E-state index in [4.69, 9.17) is 5.73 Å². The van der Waals surface area contributed by atoms with E-state index in [0.717, 1.165) is 44.3 Å². The molecule has 1 aromatic carbocycles. The third kappa shape index (κ3) is 5.29. The molecule has 6 heteroatoms. The van der Waals surface area contributed by atoms with Gasteiger partial charge in [-0.3, -0.25) is 14.5 Å². The molecule has 0 bridgehead atoms. The molecule has 1 aliphatic heterocycles. The van der Waals surface area contributed by atoms with Crippen LogP contribution in [0.25, 0.3) is 0 Å². The minimum absolute atomic E-state index is 0.0342. The maximum absolute atomic E-state index is 12.7. The molecule has 0 radical (unpaired) electrons. The van der Waals surface area contributed by atoms with Crippen LogP contribution in [-0.2, 0) is 16.1 Å². The van der Waals surface area contributed by atoms with Crippen LogP contribution in [0.4, 0.5) is 0 Å². The van der Waals surface area contributed by atoms with Crippen molar-refractivity contribution in [2.45, 2.75) is 38.3 Å². The minimum Gasteiger partial charge on any atom is -0.351 e. The number of nitrogens with two attached hydrogens (primary N) is 1. The van der Waals surface area contributed by atoms with Crippen molar-refractivity contribution in [3.63, 3.8) is 0 Å². The van der Waals surface area contributed by atoms with Crippen molar-refractivity contribution in [1.29, 1.82) is 0 Å². The molecule has 0 spiro atoms. The van der Waals surface area contributed by atoms with E-state index in [1.807, 2.05) is 35.2 Å². The summed E-state index contributed by atoms with van der Waals surface area (Å²) in [5.74, 6) is 0.389. The van der Waals surface area contributed by atoms with E-state index in [1.54, 1.807) is 0 Å². The topological polar surface area (TPSA) is 78.7 Å². The summed E-state index contributed by atoms with van der Waals surface area (Å²) in [6.07, 6.45) is 3.88. The third-order valence-electron chi connectivity index (χ3n) is 5.45. The van der Waals surface area contributed by atoms with Gasteiger partial charge in [-0.15, -0.1) is 0 Å². The van der Waals surface area contributed by atoms with Gasteiger partial charge in [-0.25, -0.2) is 0 Å². The highest BCUT2D eigenvalue weighted by Crippen LogP contribution is 2.25. The Bertz CT molecular complexity index is 599. The van der Waals surface area contributed by atoms with Gasteiger partial charge in [0.1, 0.15) is 0 Å². The predicted molar refractivity (Wildman–Crippen MR) is 101 cm³/mol. The highest BCUT2D eigenvalue weighted by molar-refractivity contribution is 5.79. The van der Waals surface area contributed by atoms with Crippen LogP contribution in [0.15, 0.2) is 30.3 Å². The first-order valence-electron chi connectivity index (χ1n) is 9.69. The van der Waals surface area contributed by atoms with Gasteiger partial charge in [0.05, 0.1) is 6.54 Å². The van der Waals surface area contributed by atoms with Gasteiger partial charge in [0.25, 0.3) is 0 Å². The number of benzene rings is 1. The summed E-state index contributed by atoms with van der Waals surface area (Å²) in [6.45, 7) is 3.86. The van der Waals surface area contributed by atoms with Gasteiger partial charge in [-0.05, 0) is 24.8 Å². The molecule has 2 atom stereocenters. The smallest absolute Gasteiger partial charge is 0.234 e. The van der Waals surface area contributed by atoms with Crippen LogP contribution in [0.3, 0.4) is 0 Å². The average Bonchev–Trinajstić information content (AvgIpc) is 2.67. The Morgan fingerprint density at radius 3 is 2.50 bits per heavy atom. The fourth-order valence-electron chi connectivity index (χ4n) is 3.89. The molecule has 1 saturated heterocycles. The van der Waals surface area contributed by atoms with Crippen molar-refractivity contribution >= 4 is 11.8 Å². The number of carbonyl (C=O) groups excluding carboxylic acids is 2. The van der Waals surface area contributed by atoms with Crippen molar-refractivity contribution in [3.05, 3.63) is 35.9 Å². The van der Waals surface area contributed by atoms with Crippen LogP contribution in [0, 0.1) is 5.92 Å². The molecule has 1 aliphatic carbocycles. The molecule has 1 heterocycles. The summed E-state index contributed by atoms with van der Waals surface area (Å²) in [5, 5.41) is 2.96. The monoisotopic (exact) mass is 358 g/mol. The van der Waals surface area contributed by atoms with Gasteiger partial charge < -0.3 is 16.0 Å². The molecule has 2 amide bonds. The van der Waals surface area contributed by atoms with Gasteiger partial charge in [-0.1, -0.05) is 36.8 Å². The lowest BCUT2D eigenvalue weighted by atomic mass is 9.85. The lowest BCUT2D eigenvalue weighted by molar-refractivity contribution is -0.138. The molecular weight excluding hydrogens is 328 g/mol. The zero-order valence-electron chi connectivity index (χ0n) is 15.4. The fourth-order valence-corrected chi connectivity index (χ4v) is 3.89. The van der Waals surface area contributed by atoms with Crippen LogP contribution in [-0.4, -0.2) is 60.4 Å². The summed E-state index contributed by atoms with van der Waals surface area (Å²) in [4.78, 5) is 28.9. The number of piperazine rings is 1. The second kappa shape index (κ2) is 9.14. The Labute approximate surface area is 155 Å². The quantitative estimate of drug-likeness (QED) is 0.822. The number of nitrogens with one attached hydrogen (secondary N) is 1. The fraction of sp³-hybridized carbons (Fsp3) is 0.600.